The van der Waals surface area contributed by atoms with Crippen LogP contribution in [0.3, 0.4) is 0 Å². The summed E-state index contributed by atoms with van der Waals surface area (Å²) in [7, 11) is 0. The van der Waals surface area contributed by atoms with Crippen molar-refractivity contribution in [1.82, 2.24) is 3.94 Å². The molecule has 4 N–H and O–H groups in total. The van der Waals surface area contributed by atoms with Gasteiger partial charge in [-0.25, -0.2) is 0 Å². The van der Waals surface area contributed by atoms with Crippen molar-refractivity contribution in [2.45, 2.75) is 12.1 Å². The summed E-state index contributed by atoms with van der Waals surface area (Å²) in [6.07, 6.45) is 3.97. The zero-order valence-electron chi connectivity index (χ0n) is 10.2. The predicted molar refractivity (Wildman–Crippen MR) is 86.0 cm³/mol. The molecular formula is C12H12Cl4N4. The fraction of sp³-hybridized carbons (Fsp3) is 0.167. The molecule has 0 spiro atoms. The molecule has 2 rings (SSSR count). The molecule has 0 aliphatic heterocycles. The third kappa shape index (κ3) is 3.34. The Morgan fingerprint density at radius 1 is 0.900 bits per heavy atom. The molecule has 1 aromatic rings. The van der Waals surface area contributed by atoms with Crippen molar-refractivity contribution in [1.29, 1.82) is 0 Å². The van der Waals surface area contributed by atoms with E-state index in [4.69, 9.17) is 58.6 Å². The molecule has 1 aliphatic carbocycles. The van der Waals surface area contributed by atoms with Gasteiger partial charge in [0.1, 0.15) is 5.66 Å². The molecule has 108 valence electrons. The van der Waals surface area contributed by atoms with E-state index in [0.717, 1.165) is 19.0 Å². The topological polar surface area (TPSA) is 58.5 Å². The maximum absolute atomic E-state index is 6.04. The Labute approximate surface area is 137 Å². The van der Waals surface area contributed by atoms with E-state index >= 15 is 0 Å². The van der Waals surface area contributed by atoms with Gasteiger partial charge < -0.3 is 11.5 Å². The summed E-state index contributed by atoms with van der Waals surface area (Å²) >= 11 is 22.7. The molecule has 0 amide bonds. The second-order valence-electron chi connectivity index (χ2n) is 4.47. The first-order chi connectivity index (χ1) is 9.31. The highest BCUT2D eigenvalue weighted by atomic mass is 35.5. The van der Waals surface area contributed by atoms with Crippen LogP contribution in [-0.4, -0.2) is 9.60 Å². The Hall–Kier alpha value is -0.620. The number of benzene rings is 1. The molecule has 0 saturated heterocycles. The van der Waals surface area contributed by atoms with Crippen LogP contribution in [-0.2, 0) is 0 Å². The van der Waals surface area contributed by atoms with Gasteiger partial charge in [0.2, 0.25) is 0 Å². The lowest BCUT2D eigenvalue weighted by atomic mass is 9.89. The lowest BCUT2D eigenvalue weighted by molar-refractivity contribution is 0.477. The van der Waals surface area contributed by atoms with Gasteiger partial charge in [0.25, 0.3) is 0 Å². The van der Waals surface area contributed by atoms with Crippen molar-refractivity contribution in [3.8, 4) is 0 Å². The van der Waals surface area contributed by atoms with Crippen LogP contribution in [0.2, 0.25) is 0 Å². The zero-order valence-corrected chi connectivity index (χ0v) is 13.3. The SMILES string of the molecule is NC1(N)CC(c2ccc(N(Cl)Cl)cc2)=CC=C1N(Cl)Cl. The first kappa shape index (κ1) is 15.8. The van der Waals surface area contributed by atoms with Crippen molar-refractivity contribution in [3.63, 3.8) is 0 Å². The molecule has 0 heterocycles. The Kier molecular flexibility index (Phi) is 4.74. The maximum Gasteiger partial charge on any atom is 0.112 e. The van der Waals surface area contributed by atoms with Crippen LogP contribution in [0, 0.1) is 0 Å². The second-order valence-corrected chi connectivity index (χ2v) is 6.17. The van der Waals surface area contributed by atoms with Gasteiger partial charge in [-0.3, -0.25) is 0 Å². The molecule has 0 atom stereocenters. The second kappa shape index (κ2) is 6.02. The Balaban J connectivity index is 2.30. The number of halogens is 4. The van der Waals surface area contributed by atoms with Crippen molar-refractivity contribution in [2.24, 2.45) is 11.5 Å². The summed E-state index contributed by atoms with van der Waals surface area (Å²) in [5, 5.41) is 0. The lowest BCUT2D eigenvalue weighted by Crippen LogP contribution is -2.53. The molecule has 0 bridgehead atoms. The van der Waals surface area contributed by atoms with E-state index in [1.807, 2.05) is 18.2 Å². The molecule has 4 nitrogen and oxygen atoms in total. The summed E-state index contributed by atoms with van der Waals surface area (Å²) in [6, 6.07) is 7.35. The molecule has 8 heteroatoms. The monoisotopic (exact) mass is 352 g/mol. The quantitative estimate of drug-likeness (QED) is 0.642. The average Bonchev–Trinajstić information content (AvgIpc) is 2.37. The summed E-state index contributed by atoms with van der Waals surface area (Å²) in [6.45, 7) is 0. The summed E-state index contributed by atoms with van der Waals surface area (Å²) < 4.78 is 1.88. The third-order valence-corrected chi connectivity index (χ3v) is 3.77. The Bertz CT molecular complexity index is 549. The van der Waals surface area contributed by atoms with E-state index < -0.39 is 5.66 Å². The lowest BCUT2D eigenvalue weighted by Gasteiger charge is -2.32. The fourth-order valence-corrected chi connectivity index (χ4v) is 2.65. The van der Waals surface area contributed by atoms with Crippen molar-refractivity contribution in [3.05, 3.63) is 47.7 Å². The molecular weight excluding hydrogens is 342 g/mol. The normalized spacial score (nSPS) is 17.3. The summed E-state index contributed by atoms with van der Waals surface area (Å²) in [4.78, 5) is 0. The minimum atomic E-state index is -1.13. The van der Waals surface area contributed by atoms with Gasteiger partial charge >= 0.3 is 0 Å². The fourth-order valence-electron chi connectivity index (χ4n) is 2.00. The van der Waals surface area contributed by atoms with Gasteiger partial charge in [0, 0.05) is 53.5 Å². The van der Waals surface area contributed by atoms with Crippen LogP contribution < -0.4 is 15.4 Å². The first-order valence-corrected chi connectivity index (χ1v) is 6.99. The van der Waals surface area contributed by atoms with Gasteiger partial charge in [0.15, 0.2) is 0 Å². The van der Waals surface area contributed by atoms with E-state index in [1.165, 1.54) is 0 Å². The number of nitrogens with two attached hydrogens (primary N) is 2. The first-order valence-electron chi connectivity index (χ1n) is 5.64. The zero-order chi connectivity index (χ0) is 14.9. The van der Waals surface area contributed by atoms with Crippen LogP contribution in [0.15, 0.2) is 42.1 Å². The highest BCUT2D eigenvalue weighted by Gasteiger charge is 2.32. The van der Waals surface area contributed by atoms with Crippen LogP contribution in [0.1, 0.15) is 12.0 Å². The number of allylic oxidation sites excluding steroid dienone is 2. The van der Waals surface area contributed by atoms with E-state index in [9.17, 15) is 0 Å². The average molecular weight is 354 g/mol. The number of anilines is 1. The van der Waals surface area contributed by atoms with E-state index in [0.29, 0.717) is 17.8 Å². The Morgan fingerprint density at radius 2 is 1.50 bits per heavy atom. The minimum absolute atomic E-state index is 0.402. The van der Waals surface area contributed by atoms with E-state index in [2.05, 4.69) is 0 Å². The van der Waals surface area contributed by atoms with Crippen LogP contribution >= 0.6 is 47.1 Å². The molecule has 1 aliphatic rings. The van der Waals surface area contributed by atoms with Crippen LogP contribution in [0.5, 0.6) is 0 Å². The van der Waals surface area contributed by atoms with Crippen molar-refractivity contribution >= 4 is 58.4 Å². The summed E-state index contributed by atoms with van der Waals surface area (Å²) in [5.74, 6) is 0. The summed E-state index contributed by atoms with van der Waals surface area (Å²) in [5.41, 5.74) is 14.0. The smallest absolute Gasteiger partial charge is 0.112 e. The number of hydrogen-bond acceptors (Lipinski definition) is 4. The molecule has 1 aromatic carbocycles. The van der Waals surface area contributed by atoms with Gasteiger partial charge in [-0.1, -0.05) is 18.2 Å². The molecule has 0 saturated carbocycles. The molecule has 20 heavy (non-hydrogen) atoms. The van der Waals surface area contributed by atoms with Crippen molar-refractivity contribution in [2.75, 3.05) is 3.94 Å². The molecule has 0 radical (unpaired) electrons. The highest BCUT2D eigenvalue weighted by Crippen LogP contribution is 2.34. The minimum Gasteiger partial charge on any atom is -0.308 e. The van der Waals surface area contributed by atoms with Crippen molar-refractivity contribution < 1.29 is 0 Å². The third-order valence-electron chi connectivity index (χ3n) is 3.02. The molecule has 0 fully saturated rings. The maximum atomic E-state index is 6.04. The number of rotatable bonds is 3. The van der Waals surface area contributed by atoms with Gasteiger partial charge in [0.05, 0.1) is 11.4 Å². The van der Waals surface area contributed by atoms with Crippen LogP contribution in [0.4, 0.5) is 5.69 Å². The number of nitrogens with zero attached hydrogens (tertiary/aromatic N) is 2. The van der Waals surface area contributed by atoms with Gasteiger partial charge in [-0.15, -0.1) is 0 Å². The molecule has 0 aromatic heterocycles. The molecule has 0 unspecified atom stereocenters. The van der Waals surface area contributed by atoms with E-state index in [-0.39, 0.29) is 0 Å². The predicted octanol–water partition coefficient (Wildman–Crippen LogP) is 3.69. The largest absolute Gasteiger partial charge is 0.308 e. The Morgan fingerprint density at radius 3 is 1.95 bits per heavy atom. The number of hydrogen-bond donors (Lipinski definition) is 2. The van der Waals surface area contributed by atoms with E-state index in [1.54, 1.807) is 18.2 Å². The standard InChI is InChI=1S/C12H12Cl4N4/c13-19(14)10-4-1-8(2-5-10)9-3-6-11(20(15)16)12(17,18)7-9/h1-6H,7,17-18H2. The highest BCUT2D eigenvalue weighted by molar-refractivity contribution is 6.49. The van der Waals surface area contributed by atoms with Gasteiger partial charge in [-0.2, -0.15) is 7.88 Å². The van der Waals surface area contributed by atoms with Crippen LogP contribution in [0.25, 0.3) is 5.57 Å². The van der Waals surface area contributed by atoms with Gasteiger partial charge in [-0.05, 0) is 29.3 Å².